The van der Waals surface area contributed by atoms with E-state index in [2.05, 4.69) is 45.2 Å². The highest BCUT2D eigenvalue weighted by atomic mass is 79.9. The second kappa shape index (κ2) is 7.27. The van der Waals surface area contributed by atoms with Crippen molar-refractivity contribution in [1.82, 2.24) is 10.2 Å². The Balaban J connectivity index is 1.94. The lowest BCUT2D eigenvalue weighted by Crippen LogP contribution is -2.50. The standard InChI is InChI=1S/C15H23BrN2O/c1-3-4-13-11-18(8-7-17-13)10-12-5-6-15(19-2)14(16)9-12/h5-6,9,13,17H,3-4,7-8,10-11H2,1-2H3. The molecule has 4 heteroatoms. The molecule has 1 aliphatic heterocycles. The summed E-state index contributed by atoms with van der Waals surface area (Å²) in [6.07, 6.45) is 2.52. The van der Waals surface area contributed by atoms with E-state index in [4.69, 9.17) is 4.74 Å². The van der Waals surface area contributed by atoms with Crippen LogP contribution in [0.3, 0.4) is 0 Å². The van der Waals surface area contributed by atoms with E-state index in [0.717, 1.165) is 36.4 Å². The van der Waals surface area contributed by atoms with Crippen LogP contribution in [0, 0.1) is 0 Å². The smallest absolute Gasteiger partial charge is 0.133 e. The zero-order valence-corrected chi connectivity index (χ0v) is 13.4. The van der Waals surface area contributed by atoms with Crippen molar-refractivity contribution in [3.05, 3.63) is 28.2 Å². The third-order valence-electron chi connectivity index (χ3n) is 3.60. The van der Waals surface area contributed by atoms with Crippen molar-refractivity contribution < 1.29 is 4.74 Å². The van der Waals surface area contributed by atoms with Crippen molar-refractivity contribution in [2.24, 2.45) is 0 Å². The zero-order chi connectivity index (χ0) is 13.7. The van der Waals surface area contributed by atoms with Gasteiger partial charge in [-0.2, -0.15) is 0 Å². The van der Waals surface area contributed by atoms with E-state index in [0.29, 0.717) is 6.04 Å². The Labute approximate surface area is 124 Å². The number of methoxy groups -OCH3 is 1. The van der Waals surface area contributed by atoms with E-state index in [9.17, 15) is 0 Å². The molecule has 1 aromatic rings. The van der Waals surface area contributed by atoms with Gasteiger partial charge in [-0.25, -0.2) is 0 Å². The highest BCUT2D eigenvalue weighted by Crippen LogP contribution is 2.26. The fraction of sp³-hybridized carbons (Fsp3) is 0.600. The maximum absolute atomic E-state index is 5.27. The third-order valence-corrected chi connectivity index (χ3v) is 4.22. The Morgan fingerprint density at radius 1 is 1.47 bits per heavy atom. The van der Waals surface area contributed by atoms with Gasteiger partial charge in [-0.05, 0) is 40.0 Å². The van der Waals surface area contributed by atoms with E-state index in [1.54, 1.807) is 7.11 Å². The van der Waals surface area contributed by atoms with Gasteiger partial charge < -0.3 is 10.1 Å². The maximum atomic E-state index is 5.27. The summed E-state index contributed by atoms with van der Waals surface area (Å²) in [4.78, 5) is 2.53. The first-order valence-corrected chi connectivity index (χ1v) is 7.80. The molecule has 1 saturated heterocycles. The lowest BCUT2D eigenvalue weighted by atomic mass is 10.1. The van der Waals surface area contributed by atoms with Crippen molar-refractivity contribution in [3.8, 4) is 5.75 Å². The lowest BCUT2D eigenvalue weighted by Gasteiger charge is -2.33. The van der Waals surface area contributed by atoms with E-state index in [1.807, 2.05) is 6.07 Å². The number of ether oxygens (including phenoxy) is 1. The highest BCUT2D eigenvalue weighted by Gasteiger charge is 2.18. The van der Waals surface area contributed by atoms with Crippen molar-refractivity contribution in [3.63, 3.8) is 0 Å². The van der Waals surface area contributed by atoms with E-state index < -0.39 is 0 Å². The van der Waals surface area contributed by atoms with Crippen LogP contribution in [0.15, 0.2) is 22.7 Å². The van der Waals surface area contributed by atoms with Gasteiger partial charge in [-0.15, -0.1) is 0 Å². The molecule has 0 bridgehead atoms. The van der Waals surface area contributed by atoms with Gasteiger partial charge in [0.1, 0.15) is 5.75 Å². The molecule has 2 rings (SSSR count). The Kier molecular flexibility index (Phi) is 5.67. The number of hydrogen-bond acceptors (Lipinski definition) is 3. The van der Waals surface area contributed by atoms with Gasteiger partial charge in [0.2, 0.25) is 0 Å². The molecular weight excluding hydrogens is 304 g/mol. The SMILES string of the molecule is CCCC1CN(Cc2ccc(OC)c(Br)c2)CCN1. The van der Waals surface area contributed by atoms with Crippen molar-refractivity contribution in [2.45, 2.75) is 32.4 Å². The predicted molar refractivity (Wildman–Crippen MR) is 82.7 cm³/mol. The molecule has 1 fully saturated rings. The number of nitrogens with zero attached hydrogens (tertiary/aromatic N) is 1. The minimum atomic E-state index is 0.653. The summed E-state index contributed by atoms with van der Waals surface area (Å²) in [5.41, 5.74) is 1.34. The molecular formula is C15H23BrN2O. The van der Waals surface area contributed by atoms with Crippen LogP contribution < -0.4 is 10.1 Å². The van der Waals surface area contributed by atoms with Gasteiger partial charge in [0, 0.05) is 32.2 Å². The number of halogens is 1. The molecule has 0 aliphatic carbocycles. The molecule has 1 unspecified atom stereocenters. The molecule has 0 aromatic heterocycles. The minimum Gasteiger partial charge on any atom is -0.496 e. The summed E-state index contributed by atoms with van der Waals surface area (Å²) in [6.45, 7) is 6.65. The van der Waals surface area contributed by atoms with E-state index in [-0.39, 0.29) is 0 Å². The largest absolute Gasteiger partial charge is 0.496 e. The first-order chi connectivity index (χ1) is 9.22. The number of rotatable bonds is 5. The molecule has 0 spiro atoms. The van der Waals surface area contributed by atoms with Gasteiger partial charge >= 0.3 is 0 Å². The molecule has 1 aliphatic rings. The average Bonchev–Trinajstić information content (AvgIpc) is 2.40. The van der Waals surface area contributed by atoms with Crippen LogP contribution in [-0.2, 0) is 6.54 Å². The molecule has 3 nitrogen and oxygen atoms in total. The normalized spacial score (nSPS) is 20.5. The van der Waals surface area contributed by atoms with Crippen LogP contribution in [0.5, 0.6) is 5.75 Å². The Hall–Kier alpha value is -0.580. The van der Waals surface area contributed by atoms with Gasteiger partial charge in [-0.3, -0.25) is 4.90 Å². The summed E-state index contributed by atoms with van der Waals surface area (Å²) in [7, 11) is 1.70. The number of nitrogens with one attached hydrogen (secondary N) is 1. The van der Waals surface area contributed by atoms with Crippen LogP contribution >= 0.6 is 15.9 Å². The fourth-order valence-electron chi connectivity index (χ4n) is 2.65. The minimum absolute atomic E-state index is 0.653. The molecule has 1 aromatic carbocycles. The average molecular weight is 327 g/mol. The zero-order valence-electron chi connectivity index (χ0n) is 11.8. The lowest BCUT2D eigenvalue weighted by molar-refractivity contribution is 0.187. The Morgan fingerprint density at radius 2 is 2.32 bits per heavy atom. The molecule has 1 heterocycles. The van der Waals surface area contributed by atoms with Crippen LogP contribution in [-0.4, -0.2) is 37.7 Å². The Bertz CT molecular complexity index is 409. The topological polar surface area (TPSA) is 24.5 Å². The maximum Gasteiger partial charge on any atom is 0.133 e. The molecule has 19 heavy (non-hydrogen) atoms. The number of benzene rings is 1. The van der Waals surface area contributed by atoms with Crippen molar-refractivity contribution in [1.29, 1.82) is 0 Å². The summed E-state index contributed by atoms with van der Waals surface area (Å²) < 4.78 is 6.30. The first kappa shape index (κ1) is 14.8. The van der Waals surface area contributed by atoms with Gasteiger partial charge in [0.05, 0.1) is 11.6 Å². The molecule has 0 amide bonds. The Morgan fingerprint density at radius 3 is 3.00 bits per heavy atom. The second-order valence-corrected chi connectivity index (χ2v) is 6.00. The quantitative estimate of drug-likeness (QED) is 0.900. The summed E-state index contributed by atoms with van der Waals surface area (Å²) in [5, 5.41) is 3.59. The van der Waals surface area contributed by atoms with Gasteiger partial charge in [0.25, 0.3) is 0 Å². The number of hydrogen-bond donors (Lipinski definition) is 1. The molecule has 0 radical (unpaired) electrons. The van der Waals surface area contributed by atoms with Crippen LogP contribution in [0.2, 0.25) is 0 Å². The monoisotopic (exact) mass is 326 g/mol. The van der Waals surface area contributed by atoms with Gasteiger partial charge in [0.15, 0.2) is 0 Å². The van der Waals surface area contributed by atoms with Crippen molar-refractivity contribution in [2.75, 3.05) is 26.7 Å². The highest BCUT2D eigenvalue weighted by molar-refractivity contribution is 9.10. The van der Waals surface area contributed by atoms with Crippen LogP contribution in [0.1, 0.15) is 25.3 Å². The second-order valence-electron chi connectivity index (χ2n) is 5.14. The van der Waals surface area contributed by atoms with Crippen molar-refractivity contribution >= 4 is 15.9 Å². The first-order valence-electron chi connectivity index (χ1n) is 7.01. The molecule has 1 atom stereocenters. The van der Waals surface area contributed by atoms with Gasteiger partial charge in [-0.1, -0.05) is 19.4 Å². The van der Waals surface area contributed by atoms with Crippen LogP contribution in [0.25, 0.3) is 0 Å². The molecule has 0 saturated carbocycles. The van der Waals surface area contributed by atoms with E-state index in [1.165, 1.54) is 18.4 Å². The number of piperazine rings is 1. The molecule has 1 N–H and O–H groups in total. The predicted octanol–water partition coefficient (Wildman–Crippen LogP) is 3.03. The van der Waals surface area contributed by atoms with E-state index >= 15 is 0 Å². The molecule has 106 valence electrons. The summed E-state index contributed by atoms with van der Waals surface area (Å²) in [5.74, 6) is 0.896. The third kappa shape index (κ3) is 4.20. The van der Waals surface area contributed by atoms with Crippen LogP contribution in [0.4, 0.5) is 0 Å². The fourth-order valence-corrected chi connectivity index (χ4v) is 3.23. The summed E-state index contributed by atoms with van der Waals surface area (Å²) in [6, 6.07) is 7.00. The summed E-state index contributed by atoms with van der Waals surface area (Å²) >= 11 is 3.55.